The molecule has 0 heterocycles. The Morgan fingerprint density at radius 3 is 2.11 bits per heavy atom. The molecule has 3 rings (SSSR count). The zero-order valence-electron chi connectivity index (χ0n) is 14.4. The summed E-state index contributed by atoms with van der Waals surface area (Å²) in [5.41, 5.74) is 8.51. The van der Waals surface area contributed by atoms with E-state index in [-0.39, 0.29) is 17.9 Å². The first-order chi connectivity index (χ1) is 12.9. The number of ether oxygens (including phenoxy) is 2. The van der Waals surface area contributed by atoms with Crippen LogP contribution in [0.1, 0.15) is 11.1 Å². The highest BCUT2D eigenvalue weighted by Crippen LogP contribution is 2.31. The highest BCUT2D eigenvalue weighted by Gasteiger charge is 2.32. The minimum atomic E-state index is -4.75. The highest BCUT2D eigenvalue weighted by molar-refractivity contribution is 5.66. The third kappa shape index (κ3) is 5.24. The van der Waals surface area contributed by atoms with E-state index in [2.05, 4.69) is 4.74 Å². The molecule has 27 heavy (non-hydrogen) atoms. The first-order valence-electron chi connectivity index (χ1n) is 8.30. The largest absolute Gasteiger partial charge is 0.573 e. The molecule has 0 atom stereocenters. The molecule has 0 fully saturated rings. The van der Waals surface area contributed by atoms with Crippen LogP contribution in [0.2, 0.25) is 0 Å². The van der Waals surface area contributed by atoms with E-state index in [0.29, 0.717) is 12.4 Å². The third-order valence-electron chi connectivity index (χ3n) is 3.94. The Hall–Kier alpha value is -2.99. The highest BCUT2D eigenvalue weighted by atomic mass is 19.4. The van der Waals surface area contributed by atoms with Crippen LogP contribution in [-0.2, 0) is 13.2 Å². The zero-order valence-corrected chi connectivity index (χ0v) is 14.4. The van der Waals surface area contributed by atoms with Crippen LogP contribution in [-0.4, -0.2) is 6.36 Å². The van der Waals surface area contributed by atoms with E-state index in [0.717, 1.165) is 16.7 Å². The van der Waals surface area contributed by atoms with Gasteiger partial charge >= 0.3 is 6.36 Å². The Labute approximate surface area is 155 Å². The summed E-state index contributed by atoms with van der Waals surface area (Å²) in [6.45, 7) is 0.401. The van der Waals surface area contributed by atoms with Gasteiger partial charge in [-0.25, -0.2) is 0 Å². The lowest BCUT2D eigenvalue weighted by Gasteiger charge is -2.14. The van der Waals surface area contributed by atoms with Gasteiger partial charge in [0.05, 0.1) is 0 Å². The van der Waals surface area contributed by atoms with Gasteiger partial charge in [-0.3, -0.25) is 0 Å². The van der Waals surface area contributed by atoms with Crippen LogP contribution in [0.25, 0.3) is 11.1 Å². The second-order valence-electron chi connectivity index (χ2n) is 5.87. The number of alkyl halides is 3. The maximum atomic E-state index is 12.4. The maximum Gasteiger partial charge on any atom is 0.573 e. The number of benzene rings is 3. The van der Waals surface area contributed by atoms with Gasteiger partial charge in [-0.1, -0.05) is 48.5 Å². The van der Waals surface area contributed by atoms with Crippen molar-refractivity contribution in [2.45, 2.75) is 19.5 Å². The average Bonchev–Trinajstić information content (AvgIpc) is 2.67. The predicted molar refractivity (Wildman–Crippen MR) is 97.2 cm³/mol. The van der Waals surface area contributed by atoms with Crippen LogP contribution >= 0.6 is 0 Å². The van der Waals surface area contributed by atoms with Crippen molar-refractivity contribution in [3.05, 3.63) is 83.9 Å². The SMILES string of the molecule is NCc1cc(-c2ccc(OCc3ccccc3)cc2)ccc1OC(F)(F)F. The maximum absolute atomic E-state index is 12.4. The Bertz CT molecular complexity index is 878. The Morgan fingerprint density at radius 1 is 0.815 bits per heavy atom. The van der Waals surface area contributed by atoms with E-state index in [9.17, 15) is 13.2 Å². The van der Waals surface area contributed by atoms with Crippen molar-refractivity contribution in [1.82, 2.24) is 0 Å². The monoisotopic (exact) mass is 373 g/mol. The van der Waals surface area contributed by atoms with Crippen LogP contribution in [0.5, 0.6) is 11.5 Å². The van der Waals surface area contributed by atoms with E-state index in [1.54, 1.807) is 12.1 Å². The van der Waals surface area contributed by atoms with Gasteiger partial charge in [-0.05, 0) is 41.0 Å². The van der Waals surface area contributed by atoms with E-state index in [1.807, 2.05) is 54.6 Å². The minimum absolute atomic E-state index is 0.0580. The van der Waals surface area contributed by atoms with Crippen LogP contribution in [0.4, 0.5) is 13.2 Å². The molecule has 0 radical (unpaired) electrons. The van der Waals surface area contributed by atoms with Crippen LogP contribution in [0.3, 0.4) is 0 Å². The molecule has 0 spiro atoms. The van der Waals surface area contributed by atoms with Crippen molar-refractivity contribution >= 4 is 0 Å². The number of halogens is 3. The Morgan fingerprint density at radius 2 is 1.48 bits per heavy atom. The molecule has 0 aliphatic rings. The van der Waals surface area contributed by atoms with Crippen molar-refractivity contribution in [3.8, 4) is 22.6 Å². The van der Waals surface area contributed by atoms with Gasteiger partial charge in [0.25, 0.3) is 0 Å². The van der Waals surface area contributed by atoms with Gasteiger partial charge in [-0.2, -0.15) is 0 Å². The van der Waals surface area contributed by atoms with Crippen molar-refractivity contribution < 1.29 is 22.6 Å². The normalized spacial score (nSPS) is 11.3. The van der Waals surface area contributed by atoms with Crippen molar-refractivity contribution in [2.24, 2.45) is 5.73 Å². The van der Waals surface area contributed by atoms with Crippen LogP contribution in [0.15, 0.2) is 72.8 Å². The van der Waals surface area contributed by atoms with E-state index < -0.39 is 6.36 Å². The number of nitrogens with two attached hydrogens (primary N) is 1. The summed E-state index contributed by atoms with van der Waals surface area (Å²) in [4.78, 5) is 0. The standard InChI is InChI=1S/C21H18F3NO2/c22-21(23,24)27-20-11-8-17(12-18(20)13-25)16-6-9-19(10-7-16)26-14-15-4-2-1-3-5-15/h1-12H,13-14,25H2. The molecule has 140 valence electrons. The molecule has 6 heteroatoms. The molecule has 0 saturated carbocycles. The van der Waals surface area contributed by atoms with E-state index >= 15 is 0 Å². The number of hydrogen-bond donors (Lipinski definition) is 1. The summed E-state index contributed by atoms with van der Waals surface area (Å²) >= 11 is 0. The molecule has 3 aromatic carbocycles. The van der Waals surface area contributed by atoms with E-state index in [4.69, 9.17) is 10.5 Å². The summed E-state index contributed by atoms with van der Waals surface area (Å²) in [6, 6.07) is 21.6. The fourth-order valence-corrected chi connectivity index (χ4v) is 2.63. The molecule has 0 saturated heterocycles. The second-order valence-corrected chi connectivity index (χ2v) is 5.87. The van der Waals surface area contributed by atoms with Crippen LogP contribution < -0.4 is 15.2 Å². The van der Waals surface area contributed by atoms with Gasteiger partial charge in [0, 0.05) is 12.1 Å². The summed E-state index contributed by atoms with van der Waals surface area (Å²) in [7, 11) is 0. The van der Waals surface area contributed by atoms with Crippen LogP contribution in [0, 0.1) is 0 Å². The van der Waals surface area contributed by atoms with Crippen molar-refractivity contribution in [2.75, 3.05) is 0 Å². The topological polar surface area (TPSA) is 44.5 Å². The first kappa shape index (κ1) is 18.8. The van der Waals surface area contributed by atoms with Crippen molar-refractivity contribution in [1.29, 1.82) is 0 Å². The second kappa shape index (κ2) is 8.14. The van der Waals surface area contributed by atoms with Gasteiger partial charge in [0.1, 0.15) is 18.1 Å². The summed E-state index contributed by atoms with van der Waals surface area (Å²) in [5.74, 6) is 0.426. The van der Waals surface area contributed by atoms with Crippen molar-refractivity contribution in [3.63, 3.8) is 0 Å². The Kier molecular flexibility index (Phi) is 5.66. The lowest BCUT2D eigenvalue weighted by molar-refractivity contribution is -0.274. The van der Waals surface area contributed by atoms with Gasteiger partial charge in [0.2, 0.25) is 0 Å². The molecule has 0 aliphatic heterocycles. The van der Waals surface area contributed by atoms with Gasteiger partial charge in [0.15, 0.2) is 0 Å². The average molecular weight is 373 g/mol. The molecule has 0 unspecified atom stereocenters. The summed E-state index contributed by atoms with van der Waals surface area (Å²) in [5, 5.41) is 0. The molecule has 0 aliphatic carbocycles. The smallest absolute Gasteiger partial charge is 0.489 e. The molecule has 0 bridgehead atoms. The number of rotatable bonds is 6. The molecule has 3 nitrogen and oxygen atoms in total. The zero-order chi connectivity index (χ0) is 19.3. The summed E-state index contributed by atoms with van der Waals surface area (Å²) in [6.07, 6.45) is -4.75. The lowest BCUT2D eigenvalue weighted by Crippen LogP contribution is -2.18. The molecular weight excluding hydrogens is 355 g/mol. The summed E-state index contributed by atoms with van der Waals surface area (Å²) < 4.78 is 47.1. The van der Waals surface area contributed by atoms with E-state index in [1.165, 1.54) is 6.07 Å². The fraction of sp³-hybridized carbons (Fsp3) is 0.143. The minimum Gasteiger partial charge on any atom is -0.489 e. The third-order valence-corrected chi connectivity index (χ3v) is 3.94. The fourth-order valence-electron chi connectivity index (χ4n) is 2.63. The molecule has 2 N–H and O–H groups in total. The molecule has 0 aromatic heterocycles. The molecule has 3 aromatic rings. The van der Waals surface area contributed by atoms with Gasteiger partial charge in [-0.15, -0.1) is 13.2 Å². The molecule has 0 amide bonds. The lowest BCUT2D eigenvalue weighted by atomic mass is 10.0. The Balaban J connectivity index is 1.72. The first-order valence-corrected chi connectivity index (χ1v) is 8.30. The molecular formula is C21H18F3NO2. The van der Waals surface area contributed by atoms with Gasteiger partial charge < -0.3 is 15.2 Å². The predicted octanol–water partition coefficient (Wildman–Crippen LogP) is 5.29. The number of hydrogen-bond acceptors (Lipinski definition) is 3. The quantitative estimate of drug-likeness (QED) is 0.639.